The molecule has 1 atom stereocenters. The van der Waals surface area contributed by atoms with Gasteiger partial charge < -0.3 is 14.8 Å². The molecule has 7 nitrogen and oxygen atoms in total. The number of benzene rings is 1. The van der Waals surface area contributed by atoms with Gasteiger partial charge in [0.1, 0.15) is 18.2 Å². The monoisotopic (exact) mass is 327 g/mol. The molecule has 0 amide bonds. The molecule has 0 aliphatic rings. The van der Waals surface area contributed by atoms with Crippen LogP contribution < -0.4 is 14.8 Å². The van der Waals surface area contributed by atoms with Crippen LogP contribution in [0.25, 0.3) is 5.78 Å². The third-order valence-electron chi connectivity index (χ3n) is 3.86. The van der Waals surface area contributed by atoms with E-state index < -0.39 is 0 Å². The first-order chi connectivity index (χ1) is 11.6. The molecule has 126 valence electrons. The molecule has 2 heterocycles. The fourth-order valence-corrected chi connectivity index (χ4v) is 2.46. The van der Waals surface area contributed by atoms with E-state index in [0.29, 0.717) is 12.3 Å². The summed E-state index contributed by atoms with van der Waals surface area (Å²) in [6, 6.07) is 7.62. The lowest BCUT2D eigenvalue weighted by molar-refractivity contribution is 0.223. The zero-order valence-electron chi connectivity index (χ0n) is 14.3. The van der Waals surface area contributed by atoms with E-state index in [1.807, 2.05) is 45.0 Å². The third-order valence-corrected chi connectivity index (χ3v) is 3.86. The first-order valence-corrected chi connectivity index (χ1v) is 7.80. The van der Waals surface area contributed by atoms with Gasteiger partial charge >= 0.3 is 0 Å². The predicted molar refractivity (Wildman–Crippen MR) is 91.8 cm³/mol. The van der Waals surface area contributed by atoms with Crippen LogP contribution in [-0.4, -0.2) is 39.3 Å². The van der Waals surface area contributed by atoms with Gasteiger partial charge in [-0.1, -0.05) is 12.1 Å². The lowest BCUT2D eigenvalue weighted by atomic mass is 10.2. The molecule has 3 aromatic rings. The number of nitrogens with one attached hydrogen (secondary N) is 1. The minimum atomic E-state index is -0.0623. The number of aromatic nitrogens is 4. The van der Waals surface area contributed by atoms with E-state index in [-0.39, 0.29) is 6.10 Å². The van der Waals surface area contributed by atoms with Crippen LogP contribution in [0.3, 0.4) is 0 Å². The molecule has 2 aromatic heterocycles. The van der Waals surface area contributed by atoms with Gasteiger partial charge in [0.2, 0.25) is 0 Å². The maximum atomic E-state index is 5.97. The van der Waals surface area contributed by atoms with Crippen molar-refractivity contribution in [1.82, 2.24) is 19.6 Å². The van der Waals surface area contributed by atoms with Crippen molar-refractivity contribution in [2.45, 2.75) is 26.9 Å². The van der Waals surface area contributed by atoms with Gasteiger partial charge in [-0.2, -0.15) is 14.6 Å². The van der Waals surface area contributed by atoms with Gasteiger partial charge in [-0.05, 0) is 32.9 Å². The fraction of sp³-hybridized carbons (Fsp3) is 0.353. The van der Waals surface area contributed by atoms with Crippen LogP contribution in [0.5, 0.6) is 11.5 Å². The highest BCUT2D eigenvalue weighted by atomic mass is 16.5. The van der Waals surface area contributed by atoms with E-state index in [4.69, 9.17) is 9.47 Å². The smallest absolute Gasteiger partial charge is 0.254 e. The molecule has 1 N–H and O–H groups in total. The van der Waals surface area contributed by atoms with Crippen LogP contribution in [0.1, 0.15) is 18.2 Å². The van der Waals surface area contributed by atoms with E-state index in [0.717, 1.165) is 28.6 Å². The van der Waals surface area contributed by atoms with Crippen molar-refractivity contribution < 1.29 is 9.47 Å². The van der Waals surface area contributed by atoms with Crippen molar-refractivity contribution in [2.24, 2.45) is 0 Å². The summed E-state index contributed by atoms with van der Waals surface area (Å²) < 4.78 is 13.0. The Hall–Kier alpha value is -2.83. The topological polar surface area (TPSA) is 73.6 Å². The molecule has 3 rings (SSSR count). The third kappa shape index (κ3) is 3.10. The van der Waals surface area contributed by atoms with Crippen LogP contribution in [0.2, 0.25) is 0 Å². The summed E-state index contributed by atoms with van der Waals surface area (Å²) in [6.07, 6.45) is 1.44. The van der Waals surface area contributed by atoms with Gasteiger partial charge in [0.15, 0.2) is 11.5 Å². The van der Waals surface area contributed by atoms with Gasteiger partial charge in [-0.15, -0.1) is 0 Å². The van der Waals surface area contributed by atoms with Gasteiger partial charge in [0.05, 0.1) is 13.7 Å². The van der Waals surface area contributed by atoms with Crippen molar-refractivity contribution in [3.05, 3.63) is 41.9 Å². The summed E-state index contributed by atoms with van der Waals surface area (Å²) >= 11 is 0. The molecular weight excluding hydrogens is 306 g/mol. The Labute approximate surface area is 140 Å². The zero-order valence-corrected chi connectivity index (χ0v) is 14.3. The average Bonchev–Trinajstić information content (AvgIpc) is 3.03. The minimum absolute atomic E-state index is 0.0623. The average molecular weight is 327 g/mol. The van der Waals surface area contributed by atoms with Crippen LogP contribution in [0, 0.1) is 13.8 Å². The highest BCUT2D eigenvalue weighted by Crippen LogP contribution is 2.27. The van der Waals surface area contributed by atoms with Crippen molar-refractivity contribution >= 4 is 11.6 Å². The molecule has 1 aromatic carbocycles. The van der Waals surface area contributed by atoms with Gasteiger partial charge in [0, 0.05) is 11.3 Å². The molecule has 0 spiro atoms. The second-order valence-electron chi connectivity index (χ2n) is 5.60. The number of ether oxygens (including phenoxy) is 2. The molecule has 24 heavy (non-hydrogen) atoms. The Balaban J connectivity index is 1.74. The lowest BCUT2D eigenvalue weighted by Crippen LogP contribution is -2.24. The van der Waals surface area contributed by atoms with Gasteiger partial charge in [-0.3, -0.25) is 0 Å². The molecular formula is C17H21N5O2. The molecule has 0 bridgehead atoms. The summed E-state index contributed by atoms with van der Waals surface area (Å²) in [5.41, 5.74) is 1.97. The van der Waals surface area contributed by atoms with Crippen LogP contribution in [0.15, 0.2) is 30.6 Å². The Kier molecular flexibility index (Phi) is 4.50. The molecule has 7 heteroatoms. The van der Waals surface area contributed by atoms with Crippen LogP contribution in [0.4, 0.5) is 5.82 Å². The van der Waals surface area contributed by atoms with Crippen molar-refractivity contribution in [3.8, 4) is 11.5 Å². The zero-order chi connectivity index (χ0) is 17.1. The SMILES string of the molecule is COc1ccccc1OC(C)CNc1c(C)c(C)nc2ncnn12. The van der Waals surface area contributed by atoms with Crippen molar-refractivity contribution in [1.29, 1.82) is 0 Å². The van der Waals surface area contributed by atoms with E-state index in [1.54, 1.807) is 11.6 Å². The second kappa shape index (κ2) is 6.74. The molecule has 0 fully saturated rings. The summed E-state index contributed by atoms with van der Waals surface area (Å²) in [5, 5.41) is 7.62. The summed E-state index contributed by atoms with van der Waals surface area (Å²) in [7, 11) is 1.63. The quantitative estimate of drug-likeness (QED) is 0.750. The minimum Gasteiger partial charge on any atom is -0.493 e. The van der Waals surface area contributed by atoms with E-state index in [2.05, 4.69) is 20.4 Å². The fourth-order valence-electron chi connectivity index (χ4n) is 2.46. The number of anilines is 1. The molecule has 0 saturated heterocycles. The number of rotatable bonds is 6. The molecule has 0 radical (unpaired) electrons. The lowest BCUT2D eigenvalue weighted by Gasteiger charge is -2.19. The van der Waals surface area contributed by atoms with E-state index in [9.17, 15) is 0 Å². The first-order valence-electron chi connectivity index (χ1n) is 7.80. The van der Waals surface area contributed by atoms with Crippen LogP contribution >= 0.6 is 0 Å². The van der Waals surface area contributed by atoms with Gasteiger partial charge in [0.25, 0.3) is 5.78 Å². The second-order valence-corrected chi connectivity index (χ2v) is 5.60. The predicted octanol–water partition coefficient (Wildman–Crippen LogP) is 2.63. The maximum Gasteiger partial charge on any atom is 0.254 e. The Morgan fingerprint density at radius 2 is 1.96 bits per heavy atom. The van der Waals surface area contributed by atoms with Crippen LogP contribution in [-0.2, 0) is 0 Å². The van der Waals surface area contributed by atoms with E-state index in [1.165, 1.54) is 6.33 Å². The summed E-state index contributed by atoms with van der Waals surface area (Å²) in [5.74, 6) is 2.91. The number of methoxy groups -OCH3 is 1. The molecule has 0 aliphatic carbocycles. The normalized spacial score (nSPS) is 12.2. The Morgan fingerprint density at radius 1 is 1.21 bits per heavy atom. The number of para-hydroxylation sites is 2. The largest absolute Gasteiger partial charge is 0.493 e. The number of fused-ring (bicyclic) bond motifs is 1. The molecule has 0 aliphatic heterocycles. The number of nitrogens with zero attached hydrogens (tertiary/aromatic N) is 4. The first kappa shape index (κ1) is 16.0. The summed E-state index contributed by atoms with van der Waals surface area (Å²) in [6.45, 7) is 6.58. The van der Waals surface area contributed by atoms with E-state index >= 15 is 0 Å². The number of hydrogen-bond acceptors (Lipinski definition) is 6. The summed E-state index contributed by atoms with van der Waals surface area (Å²) in [4.78, 5) is 8.57. The molecule has 0 saturated carbocycles. The molecule has 1 unspecified atom stereocenters. The van der Waals surface area contributed by atoms with Crippen molar-refractivity contribution in [3.63, 3.8) is 0 Å². The highest BCUT2D eigenvalue weighted by Gasteiger charge is 2.13. The Morgan fingerprint density at radius 3 is 2.71 bits per heavy atom. The van der Waals surface area contributed by atoms with Gasteiger partial charge in [-0.25, -0.2) is 4.98 Å². The standard InChI is InChI=1S/C17H21N5O2/c1-11(24-15-8-6-5-7-14(15)23-4)9-18-16-12(2)13(3)21-17-19-10-20-22(16)17/h5-8,10-11,18H,9H2,1-4H3. The van der Waals surface area contributed by atoms with Crippen molar-refractivity contribution in [2.75, 3.05) is 19.0 Å². The maximum absolute atomic E-state index is 5.97. The highest BCUT2D eigenvalue weighted by molar-refractivity contribution is 5.51. The Bertz CT molecular complexity index is 846. The number of aryl methyl sites for hydroxylation is 1. The number of hydrogen-bond donors (Lipinski definition) is 1.